The molecule has 0 saturated heterocycles. The zero-order chi connectivity index (χ0) is 19.9. The number of carbonyl (C=O) groups is 1. The Morgan fingerprint density at radius 3 is 2.48 bits per heavy atom. The lowest BCUT2D eigenvalue weighted by molar-refractivity contribution is -0.163. The van der Waals surface area contributed by atoms with Crippen LogP contribution in [0.15, 0.2) is 36.4 Å². The van der Waals surface area contributed by atoms with E-state index in [2.05, 4.69) is 41.5 Å². The number of hydrogen-bond acceptors (Lipinski definition) is 3. The molecule has 148 valence electrons. The number of hydrogen-bond donors (Lipinski definition) is 0. The highest BCUT2D eigenvalue weighted by Crippen LogP contribution is 2.67. The first-order valence-electron chi connectivity index (χ1n) is 10.1. The van der Waals surface area contributed by atoms with Gasteiger partial charge in [-0.1, -0.05) is 71.9 Å². The summed E-state index contributed by atoms with van der Waals surface area (Å²) >= 11 is 0. The molecule has 4 atom stereocenters. The minimum Gasteiger partial charge on any atom is -0.456 e. The minimum atomic E-state index is -0.278. The summed E-state index contributed by atoms with van der Waals surface area (Å²) in [4.78, 5) is 12.5. The van der Waals surface area contributed by atoms with Gasteiger partial charge in [0.1, 0.15) is 12.2 Å². The zero-order valence-corrected chi connectivity index (χ0v) is 17.6. The van der Waals surface area contributed by atoms with Gasteiger partial charge in [-0.2, -0.15) is 0 Å². The van der Waals surface area contributed by atoms with Crippen molar-refractivity contribution >= 4 is 12.0 Å². The Kier molecular flexibility index (Phi) is 5.28. The Hall–Kier alpha value is -1.61. The lowest BCUT2D eigenvalue weighted by Gasteiger charge is -2.40. The molecular formula is C24H34O3. The van der Waals surface area contributed by atoms with E-state index in [1.165, 1.54) is 6.08 Å². The molecular weight excluding hydrogens is 336 g/mol. The van der Waals surface area contributed by atoms with E-state index in [0.717, 1.165) is 18.4 Å². The molecule has 3 rings (SSSR count). The van der Waals surface area contributed by atoms with Gasteiger partial charge < -0.3 is 9.47 Å². The summed E-state index contributed by atoms with van der Waals surface area (Å²) in [5.74, 6) is 0.0710. The second-order valence-corrected chi connectivity index (χ2v) is 10.2. The van der Waals surface area contributed by atoms with Crippen LogP contribution in [-0.2, 0) is 14.3 Å². The Labute approximate surface area is 164 Å². The van der Waals surface area contributed by atoms with Crippen molar-refractivity contribution in [3.8, 4) is 0 Å². The number of fused-ring (bicyclic) bond motifs is 2. The summed E-state index contributed by atoms with van der Waals surface area (Å²) in [5.41, 5.74) is 1.22. The standard InChI is InChI=1S/C24H34O3/c1-22(2,3)16-26-21-20(18-14-15-24(21,6)23(18,4)5)27-19(25)13-12-17-10-8-7-9-11-17/h7-13,18,20-21H,14-16H2,1-6H3/b13-12+/t18-,20-,21-,24+/m1/s1. The number of ether oxygens (including phenoxy) is 2. The lowest BCUT2D eigenvalue weighted by Crippen LogP contribution is -2.44. The zero-order valence-electron chi connectivity index (χ0n) is 17.6. The van der Waals surface area contributed by atoms with E-state index >= 15 is 0 Å². The second-order valence-electron chi connectivity index (χ2n) is 10.2. The van der Waals surface area contributed by atoms with Crippen molar-refractivity contribution in [3.63, 3.8) is 0 Å². The van der Waals surface area contributed by atoms with Crippen molar-refractivity contribution in [1.29, 1.82) is 0 Å². The van der Waals surface area contributed by atoms with Crippen LogP contribution < -0.4 is 0 Å². The van der Waals surface area contributed by atoms with Gasteiger partial charge in [-0.25, -0.2) is 4.79 Å². The molecule has 1 aromatic carbocycles. The van der Waals surface area contributed by atoms with Gasteiger partial charge >= 0.3 is 5.97 Å². The first-order chi connectivity index (χ1) is 12.5. The van der Waals surface area contributed by atoms with E-state index in [4.69, 9.17) is 9.47 Å². The molecule has 0 unspecified atom stereocenters. The van der Waals surface area contributed by atoms with Crippen molar-refractivity contribution in [3.05, 3.63) is 42.0 Å². The normalized spacial score (nSPS) is 32.1. The Bertz CT molecular complexity index is 698. The maximum Gasteiger partial charge on any atom is 0.331 e. The second kappa shape index (κ2) is 7.09. The smallest absolute Gasteiger partial charge is 0.331 e. The minimum absolute atomic E-state index is 0.0387. The average Bonchev–Trinajstić information content (AvgIpc) is 2.90. The molecule has 2 fully saturated rings. The Morgan fingerprint density at radius 1 is 1.19 bits per heavy atom. The van der Waals surface area contributed by atoms with Crippen molar-refractivity contribution in [1.82, 2.24) is 0 Å². The highest BCUT2D eigenvalue weighted by Gasteiger charge is 2.68. The summed E-state index contributed by atoms with van der Waals surface area (Å²) in [6.07, 6.45) is 5.37. The summed E-state index contributed by atoms with van der Waals surface area (Å²) in [6, 6.07) is 9.83. The molecule has 2 aliphatic rings. The molecule has 3 nitrogen and oxygen atoms in total. The van der Waals surface area contributed by atoms with Gasteiger partial charge in [-0.05, 0) is 35.3 Å². The molecule has 3 heteroatoms. The number of rotatable bonds is 5. The molecule has 2 bridgehead atoms. The van der Waals surface area contributed by atoms with Crippen LogP contribution in [0.1, 0.15) is 59.9 Å². The monoisotopic (exact) mass is 370 g/mol. The molecule has 2 saturated carbocycles. The molecule has 0 radical (unpaired) electrons. The van der Waals surface area contributed by atoms with Gasteiger partial charge in [0, 0.05) is 17.4 Å². The average molecular weight is 371 g/mol. The Balaban J connectivity index is 1.75. The fourth-order valence-electron chi connectivity index (χ4n) is 4.88. The van der Waals surface area contributed by atoms with Crippen LogP contribution in [0, 0.1) is 22.2 Å². The summed E-state index contributed by atoms with van der Waals surface area (Å²) < 4.78 is 12.4. The van der Waals surface area contributed by atoms with Crippen molar-refractivity contribution in [2.45, 2.75) is 66.6 Å². The van der Waals surface area contributed by atoms with E-state index in [1.54, 1.807) is 0 Å². The maximum absolute atomic E-state index is 12.5. The predicted octanol–water partition coefficient (Wildman–Crippen LogP) is 5.50. The fourth-order valence-corrected chi connectivity index (χ4v) is 4.88. The van der Waals surface area contributed by atoms with E-state index in [-0.39, 0.29) is 34.4 Å². The Morgan fingerprint density at radius 2 is 1.85 bits per heavy atom. The molecule has 2 aliphatic carbocycles. The molecule has 0 aliphatic heterocycles. The first-order valence-corrected chi connectivity index (χ1v) is 10.1. The number of esters is 1. The van der Waals surface area contributed by atoms with Crippen molar-refractivity contribution < 1.29 is 14.3 Å². The maximum atomic E-state index is 12.5. The van der Waals surface area contributed by atoms with Crippen LogP contribution >= 0.6 is 0 Å². The van der Waals surface area contributed by atoms with Crippen molar-refractivity contribution in [2.24, 2.45) is 22.2 Å². The van der Waals surface area contributed by atoms with Crippen LogP contribution in [-0.4, -0.2) is 24.8 Å². The first kappa shape index (κ1) is 20.1. The topological polar surface area (TPSA) is 35.5 Å². The van der Waals surface area contributed by atoms with E-state index in [9.17, 15) is 4.79 Å². The number of carbonyl (C=O) groups excluding carboxylic acids is 1. The van der Waals surface area contributed by atoms with Crippen molar-refractivity contribution in [2.75, 3.05) is 6.61 Å². The molecule has 0 aromatic heterocycles. The van der Waals surface area contributed by atoms with E-state index < -0.39 is 0 Å². The van der Waals surface area contributed by atoms with Gasteiger partial charge in [0.25, 0.3) is 0 Å². The molecule has 0 N–H and O–H groups in total. The molecule has 0 heterocycles. The predicted molar refractivity (Wildman–Crippen MR) is 109 cm³/mol. The van der Waals surface area contributed by atoms with Gasteiger partial charge in [0.05, 0.1) is 6.61 Å². The summed E-state index contributed by atoms with van der Waals surface area (Å²) in [6.45, 7) is 14.1. The lowest BCUT2D eigenvalue weighted by atomic mass is 9.70. The quantitative estimate of drug-likeness (QED) is 0.507. The highest BCUT2D eigenvalue weighted by molar-refractivity contribution is 5.87. The third kappa shape index (κ3) is 3.85. The third-order valence-electron chi connectivity index (χ3n) is 6.86. The highest BCUT2D eigenvalue weighted by atomic mass is 16.6. The van der Waals surface area contributed by atoms with Crippen LogP contribution in [0.4, 0.5) is 0 Å². The summed E-state index contributed by atoms with van der Waals surface area (Å²) in [5, 5.41) is 0. The summed E-state index contributed by atoms with van der Waals surface area (Å²) in [7, 11) is 0. The van der Waals surface area contributed by atoms with Gasteiger partial charge in [0.2, 0.25) is 0 Å². The van der Waals surface area contributed by atoms with Crippen LogP contribution in [0.3, 0.4) is 0 Å². The van der Waals surface area contributed by atoms with Gasteiger partial charge in [0.15, 0.2) is 0 Å². The largest absolute Gasteiger partial charge is 0.456 e. The van der Waals surface area contributed by atoms with Crippen LogP contribution in [0.25, 0.3) is 6.08 Å². The van der Waals surface area contributed by atoms with Crippen LogP contribution in [0.2, 0.25) is 0 Å². The molecule has 1 aromatic rings. The SMILES string of the molecule is CC(C)(C)CO[C@@H]1[C@H](OC(=O)/C=C/c2ccccc2)[C@H]2CC[C@]1(C)C2(C)C. The third-order valence-corrected chi connectivity index (χ3v) is 6.86. The molecule has 0 amide bonds. The molecule has 0 spiro atoms. The number of benzene rings is 1. The van der Waals surface area contributed by atoms with Gasteiger partial charge in [-0.15, -0.1) is 0 Å². The molecule has 27 heavy (non-hydrogen) atoms. The fraction of sp³-hybridized carbons (Fsp3) is 0.625. The van der Waals surface area contributed by atoms with Crippen LogP contribution in [0.5, 0.6) is 0 Å². The van der Waals surface area contributed by atoms with E-state index in [1.807, 2.05) is 36.4 Å². The van der Waals surface area contributed by atoms with Gasteiger partial charge in [-0.3, -0.25) is 0 Å². The van der Waals surface area contributed by atoms with E-state index in [0.29, 0.717) is 12.5 Å².